The van der Waals surface area contributed by atoms with Gasteiger partial charge in [0.25, 0.3) is 5.91 Å². The summed E-state index contributed by atoms with van der Waals surface area (Å²) in [5.74, 6) is -0.219. The molecule has 1 fully saturated rings. The van der Waals surface area contributed by atoms with E-state index in [-0.39, 0.29) is 5.91 Å². The summed E-state index contributed by atoms with van der Waals surface area (Å²) in [6.07, 6.45) is 3.86. The largest absolute Gasteiger partial charge is 0.417 e. The molecule has 0 bridgehead atoms. The molecule has 2 aromatic heterocycles. The first-order chi connectivity index (χ1) is 14.7. The van der Waals surface area contributed by atoms with Gasteiger partial charge in [0.05, 0.1) is 11.0 Å². The number of benzene rings is 2. The van der Waals surface area contributed by atoms with Crippen LogP contribution in [0, 0.1) is 5.92 Å². The van der Waals surface area contributed by atoms with Gasteiger partial charge in [-0.3, -0.25) is 14.8 Å². The van der Waals surface area contributed by atoms with Gasteiger partial charge in [0.1, 0.15) is 0 Å². The summed E-state index contributed by atoms with van der Waals surface area (Å²) in [5.41, 5.74) is 3.71. The number of nitrogens with zero attached hydrogens (tertiary/aromatic N) is 2. The van der Waals surface area contributed by atoms with Crippen molar-refractivity contribution in [3.8, 4) is 0 Å². The van der Waals surface area contributed by atoms with E-state index in [1.165, 1.54) is 5.69 Å². The smallest absolute Gasteiger partial charge is 0.408 e. The van der Waals surface area contributed by atoms with E-state index >= 15 is 0 Å². The van der Waals surface area contributed by atoms with Crippen LogP contribution in [-0.4, -0.2) is 35.5 Å². The zero-order valence-corrected chi connectivity index (χ0v) is 16.4. The Labute approximate surface area is 172 Å². The molecular weight excluding hydrogens is 380 g/mol. The molecule has 5 rings (SSSR count). The number of anilines is 1. The molecule has 1 amide bonds. The molecule has 3 heterocycles. The average Bonchev–Trinajstić information content (AvgIpc) is 3.16. The molecule has 0 aliphatic carbocycles. The number of hydrogen-bond donors (Lipinski definition) is 2. The number of fused-ring (bicyclic) bond motifs is 2. The van der Waals surface area contributed by atoms with E-state index in [1.54, 1.807) is 18.2 Å². The number of aromatic nitrogens is 2. The van der Waals surface area contributed by atoms with Crippen molar-refractivity contribution >= 4 is 33.6 Å². The van der Waals surface area contributed by atoms with Gasteiger partial charge in [-0.1, -0.05) is 6.07 Å². The van der Waals surface area contributed by atoms with Crippen LogP contribution >= 0.6 is 0 Å². The van der Waals surface area contributed by atoms with E-state index in [1.807, 2.05) is 12.3 Å². The van der Waals surface area contributed by atoms with Crippen LogP contribution in [0.15, 0.2) is 63.9 Å². The van der Waals surface area contributed by atoms with Crippen LogP contribution in [0.1, 0.15) is 23.2 Å². The van der Waals surface area contributed by atoms with Crippen molar-refractivity contribution in [2.75, 3.05) is 24.5 Å². The summed E-state index contributed by atoms with van der Waals surface area (Å²) in [7, 11) is 0. The van der Waals surface area contributed by atoms with Gasteiger partial charge in [-0.05, 0) is 61.2 Å². The molecule has 30 heavy (non-hydrogen) atoms. The van der Waals surface area contributed by atoms with Crippen LogP contribution < -0.4 is 16.0 Å². The van der Waals surface area contributed by atoms with Crippen molar-refractivity contribution in [2.24, 2.45) is 5.92 Å². The number of oxazole rings is 1. The Hall–Kier alpha value is -3.61. The predicted octanol–water partition coefficient (Wildman–Crippen LogP) is 3.32. The third kappa shape index (κ3) is 3.66. The number of piperidine rings is 1. The van der Waals surface area contributed by atoms with Crippen molar-refractivity contribution in [1.82, 2.24) is 15.3 Å². The van der Waals surface area contributed by atoms with Crippen LogP contribution in [0.25, 0.3) is 22.0 Å². The minimum Gasteiger partial charge on any atom is -0.408 e. The lowest BCUT2D eigenvalue weighted by Gasteiger charge is -2.33. The Morgan fingerprint density at radius 3 is 2.90 bits per heavy atom. The Morgan fingerprint density at radius 2 is 2.03 bits per heavy atom. The third-order valence-corrected chi connectivity index (χ3v) is 5.80. The fourth-order valence-corrected chi connectivity index (χ4v) is 4.08. The summed E-state index contributed by atoms with van der Waals surface area (Å²) in [5, 5.41) is 4.18. The molecule has 2 aromatic carbocycles. The lowest BCUT2D eigenvalue weighted by Crippen LogP contribution is -2.38. The van der Waals surface area contributed by atoms with Gasteiger partial charge < -0.3 is 14.6 Å². The molecule has 0 unspecified atom stereocenters. The molecule has 0 atom stereocenters. The standard InChI is InChI=1S/C23H22N4O3/c28-22(17-3-5-20-21(13-17)30-23(29)26-20)25-14-15-7-10-27(11-8-15)18-4-6-19-16(12-18)2-1-9-24-19/h1-6,9,12-13,15H,7-8,10-11,14H2,(H,25,28)(H,26,29). The molecule has 1 aliphatic heterocycles. The lowest BCUT2D eigenvalue weighted by atomic mass is 9.96. The van der Waals surface area contributed by atoms with E-state index in [2.05, 4.69) is 44.5 Å². The second kappa shape index (κ2) is 7.67. The zero-order valence-electron chi connectivity index (χ0n) is 16.4. The molecule has 1 saturated heterocycles. The molecule has 1 aliphatic rings. The lowest BCUT2D eigenvalue weighted by molar-refractivity contribution is 0.0945. The fraction of sp³-hybridized carbons (Fsp3) is 0.261. The zero-order chi connectivity index (χ0) is 20.5. The molecule has 4 aromatic rings. The Bertz CT molecular complexity index is 1270. The molecule has 152 valence electrons. The van der Waals surface area contributed by atoms with Crippen LogP contribution in [0.4, 0.5) is 5.69 Å². The quantitative estimate of drug-likeness (QED) is 0.546. The highest BCUT2D eigenvalue weighted by Crippen LogP contribution is 2.26. The number of H-pyrrole nitrogens is 1. The first-order valence-corrected chi connectivity index (χ1v) is 10.2. The van der Waals surface area contributed by atoms with Gasteiger partial charge in [0.2, 0.25) is 0 Å². The Kier molecular flexibility index (Phi) is 4.71. The van der Waals surface area contributed by atoms with E-state index in [0.29, 0.717) is 29.1 Å². The molecule has 7 heteroatoms. The number of amides is 1. The maximum atomic E-state index is 12.5. The van der Waals surface area contributed by atoms with Gasteiger partial charge in [0.15, 0.2) is 5.58 Å². The monoisotopic (exact) mass is 402 g/mol. The van der Waals surface area contributed by atoms with Gasteiger partial charge >= 0.3 is 5.76 Å². The van der Waals surface area contributed by atoms with Crippen LogP contribution in [-0.2, 0) is 0 Å². The van der Waals surface area contributed by atoms with Crippen LogP contribution in [0.5, 0.6) is 0 Å². The van der Waals surface area contributed by atoms with E-state index in [0.717, 1.165) is 36.8 Å². The first kappa shape index (κ1) is 18.4. The molecular formula is C23H22N4O3. The number of carbonyl (C=O) groups is 1. The fourth-order valence-electron chi connectivity index (χ4n) is 4.08. The number of pyridine rings is 1. The SMILES string of the molecule is O=C(NCC1CCN(c2ccc3ncccc3c2)CC1)c1ccc2[nH]c(=O)oc2c1. The van der Waals surface area contributed by atoms with Crippen molar-refractivity contribution in [3.63, 3.8) is 0 Å². The summed E-state index contributed by atoms with van der Waals surface area (Å²) in [4.78, 5) is 33.1. The maximum absolute atomic E-state index is 12.5. The van der Waals surface area contributed by atoms with Crippen molar-refractivity contribution in [3.05, 3.63) is 70.8 Å². The van der Waals surface area contributed by atoms with Gasteiger partial charge in [-0.2, -0.15) is 0 Å². The van der Waals surface area contributed by atoms with Crippen LogP contribution in [0.3, 0.4) is 0 Å². The van der Waals surface area contributed by atoms with E-state index in [4.69, 9.17) is 4.42 Å². The summed E-state index contributed by atoms with van der Waals surface area (Å²) >= 11 is 0. The van der Waals surface area contributed by atoms with Crippen molar-refractivity contribution in [1.29, 1.82) is 0 Å². The van der Waals surface area contributed by atoms with Crippen LogP contribution in [0.2, 0.25) is 0 Å². The molecule has 0 radical (unpaired) electrons. The topological polar surface area (TPSA) is 91.2 Å². The van der Waals surface area contributed by atoms with Crippen molar-refractivity contribution < 1.29 is 9.21 Å². The van der Waals surface area contributed by atoms with Gasteiger partial charge in [-0.25, -0.2) is 4.79 Å². The number of rotatable bonds is 4. The molecule has 2 N–H and O–H groups in total. The minimum atomic E-state index is -0.517. The number of hydrogen-bond acceptors (Lipinski definition) is 5. The second-order valence-electron chi connectivity index (χ2n) is 7.75. The summed E-state index contributed by atoms with van der Waals surface area (Å²) in [6, 6.07) is 15.4. The highest BCUT2D eigenvalue weighted by molar-refractivity contribution is 5.96. The highest BCUT2D eigenvalue weighted by atomic mass is 16.4. The second-order valence-corrected chi connectivity index (χ2v) is 7.75. The van der Waals surface area contributed by atoms with Gasteiger partial charge in [0, 0.05) is 42.5 Å². The number of nitrogens with one attached hydrogen (secondary N) is 2. The highest BCUT2D eigenvalue weighted by Gasteiger charge is 2.20. The first-order valence-electron chi connectivity index (χ1n) is 10.2. The molecule has 0 saturated carbocycles. The third-order valence-electron chi connectivity index (χ3n) is 5.80. The normalized spacial score (nSPS) is 15.0. The van der Waals surface area contributed by atoms with Crippen molar-refractivity contribution in [2.45, 2.75) is 12.8 Å². The summed E-state index contributed by atoms with van der Waals surface area (Å²) in [6.45, 7) is 2.57. The predicted molar refractivity (Wildman–Crippen MR) is 116 cm³/mol. The van der Waals surface area contributed by atoms with Gasteiger partial charge in [-0.15, -0.1) is 0 Å². The minimum absolute atomic E-state index is 0.148. The summed E-state index contributed by atoms with van der Waals surface area (Å²) < 4.78 is 5.03. The Morgan fingerprint density at radius 1 is 1.17 bits per heavy atom. The Balaban J connectivity index is 1.17. The van der Waals surface area contributed by atoms with E-state index in [9.17, 15) is 9.59 Å². The average molecular weight is 402 g/mol. The molecule has 7 nitrogen and oxygen atoms in total. The van der Waals surface area contributed by atoms with E-state index < -0.39 is 5.76 Å². The number of aromatic amines is 1. The maximum Gasteiger partial charge on any atom is 0.417 e. The number of carbonyl (C=O) groups excluding carboxylic acids is 1. The molecule has 0 spiro atoms.